The van der Waals surface area contributed by atoms with E-state index in [1.54, 1.807) is 23.9 Å². The van der Waals surface area contributed by atoms with Gasteiger partial charge in [0.05, 0.1) is 16.2 Å². The molecule has 4 nitrogen and oxygen atoms in total. The average Bonchev–Trinajstić information content (AvgIpc) is 2.66. The van der Waals surface area contributed by atoms with Gasteiger partial charge in [-0.2, -0.15) is 5.10 Å². The van der Waals surface area contributed by atoms with Crippen LogP contribution in [-0.2, 0) is 4.79 Å². The van der Waals surface area contributed by atoms with Gasteiger partial charge >= 0.3 is 0 Å². The summed E-state index contributed by atoms with van der Waals surface area (Å²) in [6.07, 6.45) is 1.62. The highest BCUT2D eigenvalue weighted by Crippen LogP contribution is 2.36. The summed E-state index contributed by atoms with van der Waals surface area (Å²) in [6.45, 7) is 1.73. The molecule has 1 aromatic carbocycles. The predicted molar refractivity (Wildman–Crippen MR) is 60.7 cm³/mol. The molecule has 0 radical (unpaired) electrons. The number of rotatable bonds is 0. The smallest absolute Gasteiger partial charge is 0.249 e. The van der Waals surface area contributed by atoms with E-state index in [4.69, 9.17) is 0 Å². The van der Waals surface area contributed by atoms with Crippen LogP contribution in [0, 0.1) is 5.82 Å². The number of aromatic nitrogens is 2. The summed E-state index contributed by atoms with van der Waals surface area (Å²) in [4.78, 5) is 11.6. The van der Waals surface area contributed by atoms with Crippen molar-refractivity contribution in [2.24, 2.45) is 0 Å². The number of carbonyl (C=O) groups is 1. The highest BCUT2D eigenvalue weighted by Gasteiger charge is 2.28. The Bertz CT molecular complexity index is 622. The third-order valence-corrected chi connectivity index (χ3v) is 3.34. The molecule has 82 valence electrons. The van der Waals surface area contributed by atoms with Crippen LogP contribution in [0.15, 0.2) is 16.7 Å². The topological polar surface area (TPSA) is 46.9 Å². The lowest BCUT2D eigenvalue weighted by Crippen LogP contribution is -2.29. The molecule has 1 N–H and O–H groups in total. The van der Waals surface area contributed by atoms with Crippen molar-refractivity contribution >= 4 is 38.4 Å². The van der Waals surface area contributed by atoms with Gasteiger partial charge in [-0.3, -0.25) is 9.48 Å². The first-order valence-corrected chi connectivity index (χ1v) is 5.55. The first-order valence-electron chi connectivity index (χ1n) is 4.75. The predicted octanol–water partition coefficient (Wildman–Crippen LogP) is 2.45. The molecule has 1 amide bonds. The molecule has 0 saturated heterocycles. The van der Waals surface area contributed by atoms with E-state index < -0.39 is 11.9 Å². The van der Waals surface area contributed by atoms with E-state index in [1.807, 2.05) is 0 Å². The monoisotopic (exact) mass is 283 g/mol. The van der Waals surface area contributed by atoms with Gasteiger partial charge in [0.1, 0.15) is 11.7 Å². The molecule has 0 bridgehead atoms. The molecule has 0 fully saturated rings. The lowest BCUT2D eigenvalue weighted by Gasteiger charge is -2.21. The molecular formula is C10H7BrFN3O. The van der Waals surface area contributed by atoms with Gasteiger partial charge in [-0.15, -0.1) is 0 Å². The Labute approximate surface area is 98.6 Å². The van der Waals surface area contributed by atoms with Crippen molar-refractivity contribution < 1.29 is 9.18 Å². The van der Waals surface area contributed by atoms with Gasteiger partial charge in [-0.25, -0.2) is 4.39 Å². The molecule has 6 heteroatoms. The van der Waals surface area contributed by atoms with E-state index in [2.05, 4.69) is 26.3 Å². The maximum Gasteiger partial charge on any atom is 0.249 e. The summed E-state index contributed by atoms with van der Waals surface area (Å²) in [7, 11) is 0. The van der Waals surface area contributed by atoms with Crippen LogP contribution in [0.2, 0.25) is 0 Å². The van der Waals surface area contributed by atoms with Gasteiger partial charge in [0.2, 0.25) is 5.91 Å². The van der Waals surface area contributed by atoms with Crippen molar-refractivity contribution in [2.75, 3.05) is 5.32 Å². The summed E-state index contributed by atoms with van der Waals surface area (Å²) in [6, 6.07) is 1.24. The van der Waals surface area contributed by atoms with E-state index in [-0.39, 0.29) is 11.6 Å². The Kier molecular flexibility index (Phi) is 1.85. The maximum atomic E-state index is 13.8. The van der Waals surface area contributed by atoms with Crippen LogP contribution in [0.3, 0.4) is 0 Å². The van der Waals surface area contributed by atoms with Crippen LogP contribution in [0.5, 0.6) is 0 Å². The van der Waals surface area contributed by atoms with Gasteiger partial charge in [-0.1, -0.05) is 0 Å². The molecule has 1 atom stereocenters. The number of carbonyl (C=O) groups excluding carboxylic acids is 1. The highest BCUT2D eigenvalue weighted by molar-refractivity contribution is 9.10. The zero-order chi connectivity index (χ0) is 11.4. The molecule has 2 aromatic rings. The SMILES string of the molecule is CC1C(=O)Nc2c(F)c(Br)cc3cnn1c23. The summed E-state index contributed by atoms with van der Waals surface area (Å²) >= 11 is 3.11. The molecule has 1 aliphatic heterocycles. The number of hydrogen-bond donors (Lipinski definition) is 1. The van der Waals surface area contributed by atoms with Gasteiger partial charge in [-0.05, 0) is 28.9 Å². The number of benzene rings is 1. The second-order valence-electron chi connectivity index (χ2n) is 3.74. The molecule has 1 unspecified atom stereocenters. The number of anilines is 1. The van der Waals surface area contributed by atoms with E-state index in [0.717, 1.165) is 5.39 Å². The molecule has 1 aromatic heterocycles. The van der Waals surface area contributed by atoms with Crippen LogP contribution in [0.4, 0.5) is 10.1 Å². The lowest BCUT2D eigenvalue weighted by molar-refractivity contribution is -0.119. The Balaban J connectivity index is 2.47. The Hall–Kier alpha value is -1.43. The van der Waals surface area contributed by atoms with Gasteiger partial charge in [0, 0.05) is 5.39 Å². The van der Waals surface area contributed by atoms with E-state index in [9.17, 15) is 9.18 Å². The molecule has 1 aliphatic rings. The van der Waals surface area contributed by atoms with Crippen molar-refractivity contribution in [3.8, 4) is 0 Å². The minimum Gasteiger partial charge on any atom is -0.320 e. The minimum atomic E-state index is -0.463. The molecule has 2 heterocycles. The van der Waals surface area contributed by atoms with Gasteiger partial charge in [0.15, 0.2) is 5.82 Å². The second kappa shape index (κ2) is 3.04. The van der Waals surface area contributed by atoms with Crippen LogP contribution in [0.1, 0.15) is 13.0 Å². The first-order chi connectivity index (χ1) is 7.59. The van der Waals surface area contributed by atoms with Crippen molar-refractivity contribution in [3.63, 3.8) is 0 Å². The fraction of sp³-hybridized carbons (Fsp3) is 0.200. The fourth-order valence-electron chi connectivity index (χ4n) is 1.91. The largest absolute Gasteiger partial charge is 0.320 e. The Morgan fingerprint density at radius 2 is 2.38 bits per heavy atom. The Morgan fingerprint density at radius 1 is 1.62 bits per heavy atom. The molecular weight excluding hydrogens is 277 g/mol. The molecule has 16 heavy (non-hydrogen) atoms. The zero-order valence-electron chi connectivity index (χ0n) is 8.29. The van der Waals surface area contributed by atoms with Crippen molar-refractivity contribution in [2.45, 2.75) is 13.0 Å². The standard InChI is InChI=1S/C10H7BrFN3O/c1-4-10(16)14-8-7(12)6(11)2-5-3-13-15(4)9(5)8/h2-4H,1H3,(H,14,16). The van der Waals surface area contributed by atoms with E-state index >= 15 is 0 Å². The molecule has 0 saturated carbocycles. The normalized spacial score (nSPS) is 18.9. The zero-order valence-corrected chi connectivity index (χ0v) is 9.88. The third-order valence-electron chi connectivity index (χ3n) is 2.77. The second-order valence-corrected chi connectivity index (χ2v) is 4.59. The average molecular weight is 284 g/mol. The van der Waals surface area contributed by atoms with Crippen LogP contribution < -0.4 is 5.32 Å². The summed E-state index contributed by atoms with van der Waals surface area (Å²) in [5.41, 5.74) is 0.831. The number of amides is 1. The summed E-state index contributed by atoms with van der Waals surface area (Å²) < 4.78 is 15.7. The van der Waals surface area contributed by atoms with Crippen LogP contribution in [-0.4, -0.2) is 15.7 Å². The van der Waals surface area contributed by atoms with E-state index in [0.29, 0.717) is 9.99 Å². The number of hydrogen-bond acceptors (Lipinski definition) is 2. The van der Waals surface area contributed by atoms with Crippen LogP contribution in [0.25, 0.3) is 10.9 Å². The molecule has 3 rings (SSSR count). The number of nitrogens with zero attached hydrogens (tertiary/aromatic N) is 2. The molecule has 0 spiro atoms. The minimum absolute atomic E-state index is 0.199. The van der Waals surface area contributed by atoms with Crippen molar-refractivity contribution in [1.82, 2.24) is 9.78 Å². The number of nitrogens with one attached hydrogen (secondary N) is 1. The molecule has 0 aliphatic carbocycles. The third kappa shape index (κ3) is 1.07. The summed E-state index contributed by atoms with van der Waals surface area (Å²) in [5.74, 6) is -0.719. The van der Waals surface area contributed by atoms with Crippen molar-refractivity contribution in [3.05, 3.63) is 22.6 Å². The first kappa shape index (κ1) is 9.77. The van der Waals surface area contributed by atoms with E-state index in [1.165, 1.54) is 0 Å². The number of halogens is 2. The lowest BCUT2D eigenvalue weighted by atomic mass is 10.1. The van der Waals surface area contributed by atoms with Gasteiger partial charge in [0.25, 0.3) is 0 Å². The van der Waals surface area contributed by atoms with Gasteiger partial charge < -0.3 is 5.32 Å². The highest BCUT2D eigenvalue weighted by atomic mass is 79.9. The fourth-order valence-corrected chi connectivity index (χ4v) is 2.35. The Morgan fingerprint density at radius 3 is 3.12 bits per heavy atom. The van der Waals surface area contributed by atoms with Crippen LogP contribution >= 0.6 is 15.9 Å². The maximum absolute atomic E-state index is 13.8. The quantitative estimate of drug-likeness (QED) is 0.807. The van der Waals surface area contributed by atoms with Crippen molar-refractivity contribution in [1.29, 1.82) is 0 Å². The summed E-state index contributed by atoms with van der Waals surface area (Å²) in [5, 5.41) is 7.47.